The van der Waals surface area contributed by atoms with Crippen molar-refractivity contribution in [2.24, 2.45) is 0 Å². The van der Waals surface area contributed by atoms with Crippen molar-refractivity contribution in [3.05, 3.63) is 64.4 Å². The van der Waals surface area contributed by atoms with Gasteiger partial charge in [-0.05, 0) is 36.8 Å². The molecular weight excluding hydrogens is 330 g/mol. The van der Waals surface area contributed by atoms with Gasteiger partial charge in [0.25, 0.3) is 0 Å². The first-order chi connectivity index (χ1) is 10.1. The summed E-state index contributed by atoms with van der Waals surface area (Å²) in [5.74, 6) is 0. The van der Waals surface area contributed by atoms with Crippen molar-refractivity contribution in [3.63, 3.8) is 0 Å². The Kier molecular flexibility index (Phi) is 5.75. The minimum Gasteiger partial charge on any atom is -0.338 e. The third-order valence-electron chi connectivity index (χ3n) is 3.11. The topological polar surface area (TPSA) is 54.0 Å². The molecule has 0 saturated heterocycles. The minimum atomic E-state index is -0.165. The predicted molar refractivity (Wildman–Crippen MR) is 87.0 cm³/mol. The molecular formula is C16H18BrN3O. The summed E-state index contributed by atoms with van der Waals surface area (Å²) >= 11 is 3.40. The van der Waals surface area contributed by atoms with Crippen LogP contribution in [-0.2, 0) is 6.42 Å². The van der Waals surface area contributed by atoms with Crippen LogP contribution in [0.4, 0.5) is 4.79 Å². The third-order valence-corrected chi connectivity index (χ3v) is 3.64. The van der Waals surface area contributed by atoms with Gasteiger partial charge in [-0.25, -0.2) is 4.79 Å². The molecule has 2 N–H and O–H groups in total. The number of hydrogen-bond donors (Lipinski definition) is 2. The van der Waals surface area contributed by atoms with E-state index in [4.69, 9.17) is 0 Å². The van der Waals surface area contributed by atoms with E-state index < -0.39 is 0 Å². The number of benzene rings is 1. The number of urea groups is 1. The highest BCUT2D eigenvalue weighted by Crippen LogP contribution is 2.16. The van der Waals surface area contributed by atoms with Gasteiger partial charge in [-0.1, -0.05) is 34.1 Å². The molecule has 110 valence electrons. The van der Waals surface area contributed by atoms with Crippen LogP contribution < -0.4 is 10.6 Å². The van der Waals surface area contributed by atoms with Gasteiger partial charge in [0, 0.05) is 29.3 Å². The Hall–Kier alpha value is -1.88. The van der Waals surface area contributed by atoms with E-state index in [1.807, 2.05) is 49.4 Å². The summed E-state index contributed by atoms with van der Waals surface area (Å²) in [6.07, 6.45) is 2.48. The molecule has 2 aromatic rings. The zero-order chi connectivity index (χ0) is 15.1. The molecule has 21 heavy (non-hydrogen) atoms. The van der Waals surface area contributed by atoms with Gasteiger partial charge < -0.3 is 10.6 Å². The lowest BCUT2D eigenvalue weighted by Crippen LogP contribution is -2.38. The highest BCUT2D eigenvalue weighted by Gasteiger charge is 2.08. The number of hydrogen-bond acceptors (Lipinski definition) is 2. The quantitative estimate of drug-likeness (QED) is 0.870. The maximum Gasteiger partial charge on any atom is 0.315 e. The van der Waals surface area contributed by atoms with Crippen molar-refractivity contribution >= 4 is 22.0 Å². The standard InChI is InChI=1S/C16H18BrN3O/c1-12(13-5-7-14(17)8-6-13)20-16(21)19-11-9-15-4-2-3-10-18-15/h2-8,10,12H,9,11H2,1H3,(H2,19,20,21). The number of carbonyl (C=O) groups excluding carboxylic acids is 1. The fraction of sp³-hybridized carbons (Fsp3) is 0.250. The monoisotopic (exact) mass is 347 g/mol. The Morgan fingerprint density at radius 3 is 2.67 bits per heavy atom. The molecule has 2 amide bonds. The summed E-state index contributed by atoms with van der Waals surface area (Å²) in [6, 6.07) is 13.5. The summed E-state index contributed by atoms with van der Waals surface area (Å²) in [4.78, 5) is 16.0. The Balaban J connectivity index is 1.75. The minimum absolute atomic E-state index is 0.0343. The van der Waals surface area contributed by atoms with E-state index in [0.29, 0.717) is 6.54 Å². The van der Waals surface area contributed by atoms with Crippen LogP contribution in [-0.4, -0.2) is 17.6 Å². The van der Waals surface area contributed by atoms with Crippen LogP contribution in [0.1, 0.15) is 24.2 Å². The summed E-state index contributed by atoms with van der Waals surface area (Å²) in [7, 11) is 0. The van der Waals surface area contributed by atoms with Crippen LogP contribution in [0.25, 0.3) is 0 Å². The van der Waals surface area contributed by atoms with Crippen molar-refractivity contribution < 1.29 is 4.79 Å². The number of amides is 2. The number of rotatable bonds is 5. The highest BCUT2D eigenvalue weighted by atomic mass is 79.9. The molecule has 1 aromatic carbocycles. The number of carbonyl (C=O) groups is 1. The molecule has 0 radical (unpaired) electrons. The van der Waals surface area contributed by atoms with Crippen molar-refractivity contribution in [1.82, 2.24) is 15.6 Å². The second kappa shape index (κ2) is 7.78. The van der Waals surface area contributed by atoms with E-state index in [1.54, 1.807) is 6.20 Å². The van der Waals surface area contributed by atoms with Crippen LogP contribution in [0.5, 0.6) is 0 Å². The fourth-order valence-corrected chi connectivity index (χ4v) is 2.20. The second-order valence-electron chi connectivity index (χ2n) is 4.74. The van der Waals surface area contributed by atoms with Gasteiger partial charge in [0.15, 0.2) is 0 Å². The summed E-state index contributed by atoms with van der Waals surface area (Å²) < 4.78 is 1.03. The van der Waals surface area contributed by atoms with Crippen molar-refractivity contribution in [1.29, 1.82) is 0 Å². The molecule has 1 aromatic heterocycles. The number of halogens is 1. The van der Waals surface area contributed by atoms with Crippen LogP contribution in [0.3, 0.4) is 0 Å². The van der Waals surface area contributed by atoms with Crippen LogP contribution in [0, 0.1) is 0 Å². The van der Waals surface area contributed by atoms with Gasteiger partial charge >= 0.3 is 6.03 Å². The largest absolute Gasteiger partial charge is 0.338 e. The molecule has 1 unspecified atom stereocenters. The Bertz CT molecular complexity index is 572. The lowest BCUT2D eigenvalue weighted by molar-refractivity contribution is 0.238. The van der Waals surface area contributed by atoms with E-state index in [9.17, 15) is 4.79 Å². The normalized spacial score (nSPS) is 11.7. The first-order valence-electron chi connectivity index (χ1n) is 6.85. The fourth-order valence-electron chi connectivity index (χ4n) is 1.93. The van der Waals surface area contributed by atoms with Crippen LogP contribution in [0.2, 0.25) is 0 Å². The average Bonchev–Trinajstić information content (AvgIpc) is 2.49. The van der Waals surface area contributed by atoms with E-state index in [2.05, 4.69) is 31.5 Å². The lowest BCUT2D eigenvalue weighted by atomic mass is 10.1. The van der Waals surface area contributed by atoms with Gasteiger partial charge in [0.05, 0.1) is 6.04 Å². The molecule has 1 heterocycles. The second-order valence-corrected chi connectivity index (χ2v) is 5.66. The smallest absolute Gasteiger partial charge is 0.315 e. The number of aromatic nitrogens is 1. The summed E-state index contributed by atoms with van der Waals surface area (Å²) in [5.41, 5.74) is 2.04. The molecule has 0 aliphatic heterocycles. The molecule has 0 aliphatic carbocycles. The van der Waals surface area contributed by atoms with Gasteiger partial charge in [-0.3, -0.25) is 4.98 Å². The first-order valence-corrected chi connectivity index (χ1v) is 7.64. The maximum absolute atomic E-state index is 11.8. The van der Waals surface area contributed by atoms with Gasteiger partial charge in [0.2, 0.25) is 0 Å². The first kappa shape index (κ1) is 15.5. The van der Waals surface area contributed by atoms with E-state index in [1.165, 1.54) is 0 Å². The number of nitrogens with one attached hydrogen (secondary N) is 2. The highest BCUT2D eigenvalue weighted by molar-refractivity contribution is 9.10. The molecule has 5 heteroatoms. The predicted octanol–water partition coefficient (Wildman–Crippen LogP) is 3.45. The lowest BCUT2D eigenvalue weighted by Gasteiger charge is -2.15. The molecule has 0 aliphatic rings. The van der Waals surface area contributed by atoms with Crippen molar-refractivity contribution in [3.8, 4) is 0 Å². The van der Waals surface area contributed by atoms with E-state index >= 15 is 0 Å². The summed E-state index contributed by atoms with van der Waals surface area (Å²) in [6.45, 7) is 2.53. The molecule has 1 atom stereocenters. The van der Waals surface area contributed by atoms with E-state index in [-0.39, 0.29) is 12.1 Å². The number of pyridine rings is 1. The van der Waals surface area contributed by atoms with Crippen LogP contribution in [0.15, 0.2) is 53.1 Å². The van der Waals surface area contributed by atoms with Crippen LogP contribution >= 0.6 is 15.9 Å². The third kappa shape index (κ3) is 5.19. The molecule has 0 fully saturated rings. The van der Waals surface area contributed by atoms with Gasteiger partial charge in [-0.15, -0.1) is 0 Å². The zero-order valence-electron chi connectivity index (χ0n) is 11.8. The maximum atomic E-state index is 11.8. The van der Waals surface area contributed by atoms with Gasteiger partial charge in [-0.2, -0.15) is 0 Å². The Morgan fingerprint density at radius 1 is 1.24 bits per heavy atom. The van der Waals surface area contributed by atoms with Crippen molar-refractivity contribution in [2.45, 2.75) is 19.4 Å². The summed E-state index contributed by atoms with van der Waals surface area (Å²) in [5, 5.41) is 5.76. The number of nitrogens with zero attached hydrogens (tertiary/aromatic N) is 1. The van der Waals surface area contributed by atoms with E-state index in [0.717, 1.165) is 22.2 Å². The Morgan fingerprint density at radius 2 is 2.00 bits per heavy atom. The Labute approximate surface area is 133 Å². The zero-order valence-corrected chi connectivity index (χ0v) is 13.4. The molecule has 0 bridgehead atoms. The average molecular weight is 348 g/mol. The molecule has 0 saturated carbocycles. The van der Waals surface area contributed by atoms with Crippen molar-refractivity contribution in [2.75, 3.05) is 6.54 Å². The SMILES string of the molecule is CC(NC(=O)NCCc1ccccn1)c1ccc(Br)cc1. The van der Waals surface area contributed by atoms with Gasteiger partial charge in [0.1, 0.15) is 0 Å². The molecule has 4 nitrogen and oxygen atoms in total. The molecule has 2 rings (SSSR count). The molecule has 0 spiro atoms.